The zero-order valence-electron chi connectivity index (χ0n) is 11.7. The van der Waals surface area contributed by atoms with E-state index >= 15 is 0 Å². The van der Waals surface area contributed by atoms with E-state index in [1.165, 1.54) is 47.8 Å². The lowest BCUT2D eigenvalue weighted by molar-refractivity contribution is 0.313. The molecule has 0 amide bonds. The van der Waals surface area contributed by atoms with Crippen molar-refractivity contribution in [3.05, 3.63) is 28.2 Å². The molecule has 1 atom stereocenters. The molecule has 1 nitrogen and oxygen atoms in total. The number of nitrogens with one attached hydrogen (secondary N) is 1. The summed E-state index contributed by atoms with van der Waals surface area (Å²) < 4.78 is 1.18. The summed E-state index contributed by atoms with van der Waals surface area (Å²) >= 11 is 3.64. The number of rotatable bonds is 2. The van der Waals surface area contributed by atoms with Crippen molar-refractivity contribution < 1.29 is 0 Å². The second-order valence-electron chi connectivity index (χ2n) is 6.42. The molecule has 2 heteroatoms. The van der Waals surface area contributed by atoms with Crippen LogP contribution >= 0.6 is 15.9 Å². The fourth-order valence-corrected chi connectivity index (χ4v) is 3.14. The Hall–Kier alpha value is -0.500. The number of hydrogen-bond donors (Lipinski definition) is 1. The quantitative estimate of drug-likeness (QED) is 0.708. The highest BCUT2D eigenvalue weighted by molar-refractivity contribution is 9.10. The van der Waals surface area contributed by atoms with Crippen LogP contribution in [0.4, 0.5) is 5.69 Å². The number of halogens is 1. The van der Waals surface area contributed by atoms with Crippen LogP contribution in [0.3, 0.4) is 0 Å². The van der Waals surface area contributed by atoms with Crippen LogP contribution in [0.15, 0.2) is 22.7 Å². The molecule has 100 valence electrons. The van der Waals surface area contributed by atoms with E-state index in [1.807, 2.05) is 0 Å². The molecule has 2 rings (SSSR count). The van der Waals surface area contributed by atoms with Gasteiger partial charge in [-0.15, -0.1) is 0 Å². The van der Waals surface area contributed by atoms with E-state index in [0.717, 1.165) is 0 Å². The highest BCUT2D eigenvalue weighted by atomic mass is 79.9. The maximum Gasteiger partial charge on any atom is 0.0489 e. The molecule has 1 unspecified atom stereocenters. The highest BCUT2D eigenvalue weighted by Gasteiger charge is 2.24. The topological polar surface area (TPSA) is 12.0 Å². The molecular formula is C16H24BrN. The van der Waals surface area contributed by atoms with Crippen molar-refractivity contribution in [3.63, 3.8) is 0 Å². The smallest absolute Gasteiger partial charge is 0.0489 e. The van der Waals surface area contributed by atoms with Crippen molar-refractivity contribution in [2.45, 2.75) is 58.9 Å². The minimum Gasteiger partial charge on any atom is -0.381 e. The van der Waals surface area contributed by atoms with Gasteiger partial charge in [-0.2, -0.15) is 0 Å². The van der Waals surface area contributed by atoms with Crippen LogP contribution < -0.4 is 5.32 Å². The number of aryl methyl sites for hydroxylation is 1. The Kier molecular flexibility index (Phi) is 4.37. The molecule has 1 aliphatic rings. The predicted molar refractivity (Wildman–Crippen MR) is 83.2 cm³/mol. The highest BCUT2D eigenvalue weighted by Crippen LogP contribution is 2.35. The maximum atomic E-state index is 3.72. The number of hydrogen-bond acceptors (Lipinski definition) is 1. The normalized spacial score (nSPS) is 23.4. The third kappa shape index (κ3) is 3.74. The van der Waals surface area contributed by atoms with Crippen molar-refractivity contribution in [1.29, 1.82) is 0 Å². The fourth-order valence-electron chi connectivity index (χ4n) is 2.78. The Morgan fingerprint density at radius 2 is 2.00 bits per heavy atom. The molecule has 1 aromatic rings. The van der Waals surface area contributed by atoms with Gasteiger partial charge in [-0.25, -0.2) is 0 Å². The van der Waals surface area contributed by atoms with Crippen molar-refractivity contribution in [1.82, 2.24) is 0 Å². The summed E-state index contributed by atoms with van der Waals surface area (Å²) in [7, 11) is 0. The summed E-state index contributed by atoms with van der Waals surface area (Å²) in [6, 6.07) is 7.15. The van der Waals surface area contributed by atoms with E-state index in [9.17, 15) is 0 Å². The summed E-state index contributed by atoms with van der Waals surface area (Å²) in [6.07, 6.45) is 6.61. The average Bonchev–Trinajstić information content (AvgIpc) is 2.46. The number of benzene rings is 1. The molecule has 0 heterocycles. The zero-order valence-corrected chi connectivity index (χ0v) is 13.3. The van der Waals surface area contributed by atoms with Gasteiger partial charge >= 0.3 is 0 Å². The summed E-state index contributed by atoms with van der Waals surface area (Å²) in [6.45, 7) is 6.95. The second kappa shape index (κ2) is 5.64. The summed E-state index contributed by atoms with van der Waals surface area (Å²) in [5.41, 5.74) is 3.09. The molecule has 0 bridgehead atoms. The van der Waals surface area contributed by atoms with Gasteiger partial charge in [0.1, 0.15) is 0 Å². The van der Waals surface area contributed by atoms with E-state index < -0.39 is 0 Å². The Labute approximate surface area is 119 Å². The first-order chi connectivity index (χ1) is 8.46. The Morgan fingerprint density at radius 3 is 2.78 bits per heavy atom. The molecule has 1 aliphatic carbocycles. The van der Waals surface area contributed by atoms with Gasteiger partial charge in [0.2, 0.25) is 0 Å². The molecule has 0 aromatic heterocycles. The van der Waals surface area contributed by atoms with Crippen LogP contribution in [0.25, 0.3) is 0 Å². The van der Waals surface area contributed by atoms with E-state index in [1.54, 1.807) is 0 Å². The van der Waals surface area contributed by atoms with Gasteiger partial charge in [0, 0.05) is 16.2 Å². The lowest BCUT2D eigenvalue weighted by Crippen LogP contribution is -2.19. The van der Waals surface area contributed by atoms with Gasteiger partial charge < -0.3 is 5.32 Å². The Morgan fingerprint density at radius 1 is 1.22 bits per heavy atom. The Bertz CT molecular complexity index is 412. The van der Waals surface area contributed by atoms with Crippen LogP contribution in [-0.4, -0.2) is 6.04 Å². The van der Waals surface area contributed by atoms with Crippen LogP contribution in [-0.2, 0) is 0 Å². The SMILES string of the molecule is Cc1ccc(Br)c(NC2CCCC(C)(C)CC2)c1. The molecule has 18 heavy (non-hydrogen) atoms. The van der Waals surface area contributed by atoms with Crippen LogP contribution in [0, 0.1) is 12.3 Å². The molecule has 1 saturated carbocycles. The molecule has 1 aromatic carbocycles. The first-order valence-corrected chi connectivity index (χ1v) is 7.78. The molecular weight excluding hydrogens is 286 g/mol. The first kappa shape index (κ1) is 13.9. The monoisotopic (exact) mass is 309 g/mol. The van der Waals surface area contributed by atoms with Gasteiger partial charge in [-0.05, 0) is 71.6 Å². The van der Waals surface area contributed by atoms with Gasteiger partial charge in [0.25, 0.3) is 0 Å². The molecule has 0 aliphatic heterocycles. The molecule has 0 spiro atoms. The van der Waals surface area contributed by atoms with Gasteiger partial charge in [-0.1, -0.05) is 26.3 Å². The first-order valence-electron chi connectivity index (χ1n) is 6.99. The van der Waals surface area contributed by atoms with E-state index in [4.69, 9.17) is 0 Å². The van der Waals surface area contributed by atoms with Crippen molar-refractivity contribution >= 4 is 21.6 Å². The van der Waals surface area contributed by atoms with Gasteiger partial charge in [0.15, 0.2) is 0 Å². The average molecular weight is 310 g/mol. The summed E-state index contributed by atoms with van der Waals surface area (Å²) in [5.74, 6) is 0. The van der Waals surface area contributed by atoms with Gasteiger partial charge in [0.05, 0.1) is 0 Å². The molecule has 1 fully saturated rings. The van der Waals surface area contributed by atoms with Crippen molar-refractivity contribution in [3.8, 4) is 0 Å². The largest absolute Gasteiger partial charge is 0.381 e. The lowest BCUT2D eigenvalue weighted by Gasteiger charge is -2.22. The Balaban J connectivity index is 2.03. The zero-order chi connectivity index (χ0) is 13.2. The van der Waals surface area contributed by atoms with Crippen molar-refractivity contribution in [2.24, 2.45) is 5.41 Å². The van der Waals surface area contributed by atoms with Gasteiger partial charge in [-0.3, -0.25) is 0 Å². The fraction of sp³-hybridized carbons (Fsp3) is 0.625. The van der Waals surface area contributed by atoms with E-state index in [2.05, 4.69) is 60.2 Å². The molecule has 1 N–H and O–H groups in total. The predicted octanol–water partition coefficient (Wildman–Crippen LogP) is 5.53. The third-order valence-electron chi connectivity index (χ3n) is 4.06. The van der Waals surface area contributed by atoms with Crippen LogP contribution in [0.5, 0.6) is 0 Å². The minimum atomic E-state index is 0.528. The minimum absolute atomic E-state index is 0.528. The van der Waals surface area contributed by atoms with Crippen molar-refractivity contribution in [2.75, 3.05) is 5.32 Å². The third-order valence-corrected chi connectivity index (χ3v) is 4.75. The number of anilines is 1. The van der Waals surface area contributed by atoms with Crippen LogP contribution in [0.2, 0.25) is 0 Å². The standard InChI is InChI=1S/C16H24BrN/c1-12-6-7-14(17)15(11-12)18-13-5-4-9-16(2,3)10-8-13/h6-7,11,13,18H,4-5,8-10H2,1-3H3. The summed E-state index contributed by atoms with van der Waals surface area (Å²) in [5, 5.41) is 3.72. The van der Waals surface area contributed by atoms with E-state index in [-0.39, 0.29) is 0 Å². The van der Waals surface area contributed by atoms with E-state index in [0.29, 0.717) is 11.5 Å². The maximum absolute atomic E-state index is 3.72. The lowest BCUT2D eigenvalue weighted by atomic mass is 9.85. The second-order valence-corrected chi connectivity index (χ2v) is 7.27. The molecule has 0 radical (unpaired) electrons. The summed E-state index contributed by atoms with van der Waals surface area (Å²) in [4.78, 5) is 0. The van der Waals surface area contributed by atoms with Crippen LogP contribution in [0.1, 0.15) is 51.5 Å². The molecule has 0 saturated heterocycles.